The minimum atomic E-state index is -2.72. The van der Waals surface area contributed by atoms with E-state index in [-0.39, 0.29) is 16.0 Å². The van der Waals surface area contributed by atoms with Crippen molar-refractivity contribution in [3.8, 4) is 0 Å². The summed E-state index contributed by atoms with van der Waals surface area (Å²) >= 11 is 5.88. The van der Waals surface area contributed by atoms with Gasteiger partial charge in [-0.2, -0.15) is 0 Å². The van der Waals surface area contributed by atoms with Gasteiger partial charge in [-0.1, -0.05) is 11.6 Å². The van der Waals surface area contributed by atoms with Crippen LogP contribution in [0.4, 0.5) is 14.5 Å². The first-order valence-corrected chi connectivity index (χ1v) is 6.65. The van der Waals surface area contributed by atoms with Crippen LogP contribution >= 0.6 is 11.6 Å². The van der Waals surface area contributed by atoms with E-state index < -0.39 is 24.7 Å². The van der Waals surface area contributed by atoms with Gasteiger partial charge in [0.2, 0.25) is 0 Å². The molecule has 2 N–H and O–H groups in total. The van der Waals surface area contributed by atoms with E-state index in [2.05, 4.69) is 0 Å². The first-order valence-electron chi connectivity index (χ1n) is 6.28. The topological polar surface area (TPSA) is 44.5 Å². The second-order valence-electron chi connectivity index (χ2n) is 5.89. The van der Waals surface area contributed by atoms with Gasteiger partial charge in [-0.05, 0) is 45.3 Å². The highest BCUT2D eigenvalue weighted by Crippen LogP contribution is 2.38. The van der Waals surface area contributed by atoms with E-state index in [0.29, 0.717) is 5.69 Å². The second kappa shape index (κ2) is 4.86. The quantitative estimate of drug-likeness (QED) is 0.674. The maximum absolute atomic E-state index is 13.2. The molecule has 0 aliphatic carbocycles. The lowest BCUT2D eigenvalue weighted by atomic mass is 9.75. The molecule has 0 spiro atoms. The molecule has 1 aliphatic rings. The first-order chi connectivity index (χ1) is 9.05. The first kappa shape index (κ1) is 15.5. The third-order valence-corrected chi connectivity index (χ3v) is 4.22. The van der Waals surface area contributed by atoms with E-state index in [1.807, 2.05) is 27.7 Å². The van der Waals surface area contributed by atoms with Crippen molar-refractivity contribution >= 4 is 29.9 Å². The van der Waals surface area contributed by atoms with Gasteiger partial charge in [0, 0.05) is 11.3 Å². The third-order valence-electron chi connectivity index (χ3n) is 3.91. The molecule has 20 heavy (non-hydrogen) atoms. The molecule has 1 saturated heterocycles. The maximum atomic E-state index is 13.2. The third kappa shape index (κ3) is 2.52. The number of hydrogen-bond donors (Lipinski definition) is 1. The Kier molecular flexibility index (Phi) is 3.78. The zero-order valence-corrected chi connectivity index (χ0v) is 12.6. The zero-order valence-electron chi connectivity index (χ0n) is 11.8. The number of rotatable bonds is 2. The summed E-state index contributed by atoms with van der Waals surface area (Å²) in [6, 6.07) is 2.73. The summed E-state index contributed by atoms with van der Waals surface area (Å²) in [5.41, 5.74) is 4.64. The Morgan fingerprint density at radius 1 is 1.15 bits per heavy atom. The molecule has 1 fully saturated rings. The van der Waals surface area contributed by atoms with Gasteiger partial charge in [0.15, 0.2) is 0 Å². The molecule has 0 aromatic heterocycles. The van der Waals surface area contributed by atoms with Crippen LogP contribution in [0.15, 0.2) is 12.1 Å². The Balaban J connectivity index is 2.49. The number of benzene rings is 1. The smallest absolute Gasteiger partial charge is 0.399 e. The van der Waals surface area contributed by atoms with Gasteiger partial charge in [0.05, 0.1) is 16.2 Å². The molecule has 0 bridgehead atoms. The van der Waals surface area contributed by atoms with Gasteiger partial charge in [0.25, 0.3) is 6.43 Å². The zero-order chi connectivity index (χ0) is 15.3. The maximum Gasteiger partial charge on any atom is 0.495 e. The lowest BCUT2D eigenvalue weighted by Gasteiger charge is -2.32. The average Bonchev–Trinajstić information content (AvgIpc) is 2.46. The van der Waals surface area contributed by atoms with Gasteiger partial charge in [0.1, 0.15) is 0 Å². The van der Waals surface area contributed by atoms with Crippen molar-refractivity contribution in [3.05, 3.63) is 22.7 Å². The van der Waals surface area contributed by atoms with Crippen LogP contribution in [-0.2, 0) is 9.31 Å². The van der Waals surface area contributed by atoms with Gasteiger partial charge in [-0.25, -0.2) is 8.78 Å². The van der Waals surface area contributed by atoms with E-state index in [1.54, 1.807) is 0 Å². The molecule has 0 amide bonds. The fourth-order valence-electron chi connectivity index (χ4n) is 2.06. The Labute approximate surface area is 122 Å². The Bertz CT molecular complexity index is 521. The number of nitrogens with two attached hydrogens (primary N) is 1. The molecular formula is C13H17BClF2NO2. The van der Waals surface area contributed by atoms with Crippen LogP contribution in [0.5, 0.6) is 0 Å². The van der Waals surface area contributed by atoms with Crippen LogP contribution < -0.4 is 11.2 Å². The standard InChI is InChI=1S/C13H17BClF2NO2/c1-12(2)13(3,4)20-14(19-12)8-5-7(18)6-9(15)10(8)11(16)17/h5-6,11H,18H2,1-4H3. The van der Waals surface area contributed by atoms with Crippen molar-refractivity contribution < 1.29 is 18.1 Å². The summed E-state index contributed by atoms with van der Waals surface area (Å²) in [5.74, 6) is 0. The predicted octanol–water partition coefficient (Wildman–Crippen LogP) is 3.16. The molecule has 110 valence electrons. The van der Waals surface area contributed by atoms with Crippen LogP contribution in [0, 0.1) is 0 Å². The van der Waals surface area contributed by atoms with Crippen molar-refractivity contribution in [2.75, 3.05) is 5.73 Å². The van der Waals surface area contributed by atoms with Crippen LogP contribution in [-0.4, -0.2) is 18.3 Å². The molecule has 7 heteroatoms. The molecule has 1 aliphatic heterocycles. The van der Waals surface area contributed by atoms with Gasteiger partial charge in [-0.15, -0.1) is 0 Å². The average molecular weight is 304 g/mol. The summed E-state index contributed by atoms with van der Waals surface area (Å²) in [4.78, 5) is 0. The van der Waals surface area contributed by atoms with E-state index in [0.717, 1.165) is 0 Å². The summed E-state index contributed by atoms with van der Waals surface area (Å²) in [5, 5.41) is -0.0790. The summed E-state index contributed by atoms with van der Waals surface area (Å²) < 4.78 is 38.0. The molecule has 1 aromatic carbocycles. The van der Waals surface area contributed by atoms with E-state index in [9.17, 15) is 8.78 Å². The van der Waals surface area contributed by atoms with E-state index in [4.69, 9.17) is 26.6 Å². The number of nitrogen functional groups attached to an aromatic ring is 1. The lowest BCUT2D eigenvalue weighted by molar-refractivity contribution is 0.00578. The number of alkyl halides is 2. The van der Waals surface area contributed by atoms with Crippen LogP contribution in [0.3, 0.4) is 0 Å². The van der Waals surface area contributed by atoms with Crippen LogP contribution in [0.25, 0.3) is 0 Å². The van der Waals surface area contributed by atoms with Gasteiger partial charge in [-0.3, -0.25) is 0 Å². The molecule has 1 aromatic rings. The van der Waals surface area contributed by atoms with Crippen molar-refractivity contribution in [3.63, 3.8) is 0 Å². The highest BCUT2D eigenvalue weighted by molar-refractivity contribution is 6.63. The largest absolute Gasteiger partial charge is 0.495 e. The van der Waals surface area contributed by atoms with E-state index >= 15 is 0 Å². The van der Waals surface area contributed by atoms with Crippen LogP contribution in [0.2, 0.25) is 5.02 Å². The Morgan fingerprint density at radius 3 is 2.10 bits per heavy atom. The molecule has 0 saturated carbocycles. The number of halogens is 3. The molecule has 2 rings (SSSR count). The molecule has 0 radical (unpaired) electrons. The molecular weight excluding hydrogens is 286 g/mol. The molecule has 0 atom stereocenters. The number of hydrogen-bond acceptors (Lipinski definition) is 3. The van der Waals surface area contributed by atoms with Crippen molar-refractivity contribution in [2.45, 2.75) is 45.3 Å². The van der Waals surface area contributed by atoms with Crippen molar-refractivity contribution in [1.29, 1.82) is 0 Å². The lowest BCUT2D eigenvalue weighted by Crippen LogP contribution is -2.41. The van der Waals surface area contributed by atoms with Gasteiger partial charge >= 0.3 is 7.12 Å². The van der Waals surface area contributed by atoms with Gasteiger partial charge < -0.3 is 15.0 Å². The highest BCUT2D eigenvalue weighted by atomic mass is 35.5. The minimum Gasteiger partial charge on any atom is -0.399 e. The SMILES string of the molecule is CC1(C)OB(c2cc(N)cc(Cl)c2C(F)F)OC1(C)C. The fourth-order valence-corrected chi connectivity index (χ4v) is 2.37. The fraction of sp³-hybridized carbons (Fsp3) is 0.538. The van der Waals surface area contributed by atoms with E-state index in [1.165, 1.54) is 12.1 Å². The predicted molar refractivity (Wildman–Crippen MR) is 76.5 cm³/mol. The van der Waals surface area contributed by atoms with Crippen molar-refractivity contribution in [1.82, 2.24) is 0 Å². The second-order valence-corrected chi connectivity index (χ2v) is 6.30. The molecule has 0 unspecified atom stereocenters. The Morgan fingerprint density at radius 2 is 1.65 bits per heavy atom. The molecule has 3 nitrogen and oxygen atoms in total. The molecule has 1 heterocycles. The summed E-state index contributed by atoms with van der Waals surface area (Å²) in [6.45, 7) is 7.40. The monoisotopic (exact) mass is 303 g/mol. The minimum absolute atomic E-state index is 0.0790. The van der Waals surface area contributed by atoms with Crippen LogP contribution in [0.1, 0.15) is 39.7 Å². The highest BCUT2D eigenvalue weighted by Gasteiger charge is 2.52. The summed E-state index contributed by atoms with van der Waals surface area (Å²) in [6.07, 6.45) is -2.72. The van der Waals surface area contributed by atoms with Crippen molar-refractivity contribution in [2.24, 2.45) is 0 Å². The summed E-state index contributed by atoms with van der Waals surface area (Å²) in [7, 11) is -0.912. The Hall–Kier alpha value is -0.845. The normalized spacial score (nSPS) is 20.7. The number of anilines is 1.